The molecule has 0 spiro atoms. The molecular formula is C12H14N2O2. The maximum absolute atomic E-state index is 10.4. The molecule has 0 atom stereocenters. The molecule has 0 aliphatic heterocycles. The van der Waals surface area contributed by atoms with E-state index in [1.807, 2.05) is 24.3 Å². The van der Waals surface area contributed by atoms with Crippen molar-refractivity contribution in [3.8, 4) is 17.7 Å². The lowest BCUT2D eigenvalue weighted by molar-refractivity contribution is -0.117. The van der Waals surface area contributed by atoms with Gasteiger partial charge in [-0.25, -0.2) is 0 Å². The SMILES string of the molecule is COc1ccccc1CC#CNCC(N)=O. The molecule has 16 heavy (non-hydrogen) atoms. The Labute approximate surface area is 94.8 Å². The highest BCUT2D eigenvalue weighted by Crippen LogP contribution is 2.16. The number of rotatable bonds is 4. The number of carbonyl (C=O) groups is 1. The Morgan fingerprint density at radius 1 is 1.50 bits per heavy atom. The molecule has 0 saturated carbocycles. The fourth-order valence-electron chi connectivity index (χ4n) is 1.18. The Morgan fingerprint density at radius 2 is 2.25 bits per heavy atom. The third-order valence-corrected chi connectivity index (χ3v) is 1.91. The number of amides is 1. The van der Waals surface area contributed by atoms with E-state index in [1.165, 1.54) is 0 Å². The lowest BCUT2D eigenvalue weighted by atomic mass is 10.1. The summed E-state index contributed by atoms with van der Waals surface area (Å²) in [6.07, 6.45) is 0.565. The maximum Gasteiger partial charge on any atom is 0.237 e. The van der Waals surface area contributed by atoms with Crippen LogP contribution in [0.3, 0.4) is 0 Å². The van der Waals surface area contributed by atoms with Gasteiger partial charge in [0.1, 0.15) is 12.3 Å². The van der Waals surface area contributed by atoms with Crippen molar-refractivity contribution in [3.05, 3.63) is 29.8 Å². The summed E-state index contributed by atoms with van der Waals surface area (Å²) in [5.74, 6) is 3.27. The fraction of sp³-hybridized carbons (Fsp3) is 0.250. The lowest BCUT2D eigenvalue weighted by Gasteiger charge is -2.03. The average Bonchev–Trinajstić information content (AvgIpc) is 2.29. The molecule has 0 bridgehead atoms. The summed E-state index contributed by atoms with van der Waals surface area (Å²) in [4.78, 5) is 10.4. The number of methoxy groups -OCH3 is 1. The molecule has 0 unspecified atom stereocenters. The van der Waals surface area contributed by atoms with Crippen LogP contribution in [0, 0.1) is 12.0 Å². The van der Waals surface area contributed by atoms with E-state index in [-0.39, 0.29) is 6.54 Å². The van der Waals surface area contributed by atoms with Crippen LogP contribution in [0.5, 0.6) is 5.75 Å². The highest BCUT2D eigenvalue weighted by Gasteiger charge is 1.98. The normalized spacial score (nSPS) is 8.81. The summed E-state index contributed by atoms with van der Waals surface area (Å²) in [6, 6.07) is 10.3. The first-order valence-electron chi connectivity index (χ1n) is 4.85. The number of nitrogens with two attached hydrogens (primary N) is 1. The highest BCUT2D eigenvalue weighted by atomic mass is 16.5. The number of para-hydroxylation sites is 1. The van der Waals surface area contributed by atoms with Crippen LogP contribution in [-0.4, -0.2) is 19.6 Å². The third kappa shape index (κ3) is 3.93. The zero-order valence-corrected chi connectivity index (χ0v) is 9.12. The molecule has 4 nitrogen and oxygen atoms in total. The van der Waals surface area contributed by atoms with Crippen LogP contribution in [0.4, 0.5) is 0 Å². The Morgan fingerprint density at radius 3 is 2.94 bits per heavy atom. The van der Waals surface area contributed by atoms with E-state index >= 15 is 0 Å². The van der Waals surface area contributed by atoms with Crippen LogP contribution in [0.15, 0.2) is 24.3 Å². The Bertz CT molecular complexity index is 419. The lowest BCUT2D eigenvalue weighted by Crippen LogP contribution is -2.25. The van der Waals surface area contributed by atoms with Crippen LogP contribution in [-0.2, 0) is 11.2 Å². The van der Waals surface area contributed by atoms with Gasteiger partial charge in [0, 0.05) is 18.0 Å². The van der Waals surface area contributed by atoms with Gasteiger partial charge >= 0.3 is 0 Å². The predicted molar refractivity (Wildman–Crippen MR) is 61.7 cm³/mol. The van der Waals surface area contributed by atoms with E-state index in [1.54, 1.807) is 7.11 Å². The quantitative estimate of drug-likeness (QED) is 0.563. The molecule has 0 saturated heterocycles. The summed E-state index contributed by atoms with van der Waals surface area (Å²) in [7, 11) is 1.62. The second-order valence-corrected chi connectivity index (χ2v) is 3.11. The summed E-state index contributed by atoms with van der Waals surface area (Å²) < 4.78 is 5.18. The molecule has 3 N–H and O–H groups in total. The number of hydrogen-bond acceptors (Lipinski definition) is 3. The zero-order chi connectivity index (χ0) is 11.8. The summed E-state index contributed by atoms with van der Waals surface area (Å²) in [5, 5.41) is 2.62. The van der Waals surface area contributed by atoms with Gasteiger partial charge in [-0.3, -0.25) is 4.79 Å². The van der Waals surface area contributed by atoms with Crippen molar-refractivity contribution in [2.24, 2.45) is 5.73 Å². The zero-order valence-electron chi connectivity index (χ0n) is 9.12. The monoisotopic (exact) mass is 218 g/mol. The first-order valence-corrected chi connectivity index (χ1v) is 4.85. The van der Waals surface area contributed by atoms with Crippen LogP contribution in [0.1, 0.15) is 5.56 Å². The van der Waals surface area contributed by atoms with Crippen molar-refractivity contribution < 1.29 is 9.53 Å². The smallest absolute Gasteiger partial charge is 0.237 e. The Balaban J connectivity index is 2.50. The minimum atomic E-state index is -0.424. The van der Waals surface area contributed by atoms with Crippen LogP contribution in [0.25, 0.3) is 0 Å². The van der Waals surface area contributed by atoms with Crippen molar-refractivity contribution >= 4 is 5.91 Å². The molecule has 1 aromatic rings. The molecule has 1 amide bonds. The first-order chi connectivity index (χ1) is 7.74. The van der Waals surface area contributed by atoms with Crippen LogP contribution < -0.4 is 15.8 Å². The summed E-state index contributed by atoms with van der Waals surface area (Å²) in [5.41, 5.74) is 5.95. The van der Waals surface area contributed by atoms with Gasteiger partial charge in [0.25, 0.3) is 0 Å². The number of hydrogen-bond donors (Lipinski definition) is 2. The van der Waals surface area contributed by atoms with E-state index < -0.39 is 5.91 Å². The third-order valence-electron chi connectivity index (χ3n) is 1.91. The van der Waals surface area contributed by atoms with Crippen molar-refractivity contribution in [3.63, 3.8) is 0 Å². The van der Waals surface area contributed by atoms with Gasteiger partial charge in [-0.15, -0.1) is 0 Å². The van der Waals surface area contributed by atoms with E-state index in [9.17, 15) is 4.79 Å². The van der Waals surface area contributed by atoms with Crippen molar-refractivity contribution in [2.75, 3.05) is 13.7 Å². The summed E-state index contributed by atoms with van der Waals surface area (Å²) in [6.45, 7) is 0.0684. The second kappa shape index (κ2) is 6.36. The second-order valence-electron chi connectivity index (χ2n) is 3.11. The molecule has 0 aliphatic carbocycles. The molecule has 0 aliphatic rings. The van der Waals surface area contributed by atoms with Gasteiger partial charge in [-0.2, -0.15) is 0 Å². The van der Waals surface area contributed by atoms with Crippen molar-refractivity contribution in [1.82, 2.24) is 5.32 Å². The largest absolute Gasteiger partial charge is 0.496 e. The van der Waals surface area contributed by atoms with Crippen LogP contribution >= 0.6 is 0 Å². The standard InChI is InChI=1S/C12H14N2O2/c1-16-11-7-3-2-5-10(11)6-4-8-14-9-12(13)15/h2-3,5,7,14H,6,9H2,1H3,(H2,13,15). The number of benzene rings is 1. The van der Waals surface area contributed by atoms with Crippen molar-refractivity contribution in [2.45, 2.75) is 6.42 Å². The number of ether oxygens (including phenoxy) is 1. The fourth-order valence-corrected chi connectivity index (χ4v) is 1.18. The van der Waals surface area contributed by atoms with Gasteiger partial charge in [0.2, 0.25) is 5.91 Å². The maximum atomic E-state index is 10.4. The van der Waals surface area contributed by atoms with Gasteiger partial charge in [0.15, 0.2) is 0 Å². The molecule has 0 heterocycles. The minimum absolute atomic E-state index is 0.0684. The molecular weight excluding hydrogens is 204 g/mol. The van der Waals surface area contributed by atoms with E-state index in [4.69, 9.17) is 10.5 Å². The highest BCUT2D eigenvalue weighted by molar-refractivity contribution is 5.76. The van der Waals surface area contributed by atoms with E-state index in [2.05, 4.69) is 17.3 Å². The van der Waals surface area contributed by atoms with E-state index in [0.29, 0.717) is 6.42 Å². The number of carbonyl (C=O) groups excluding carboxylic acids is 1. The molecule has 0 fully saturated rings. The molecule has 1 aromatic carbocycles. The molecule has 4 heteroatoms. The Hall–Kier alpha value is -2.15. The Kier molecular flexibility index (Phi) is 4.74. The van der Waals surface area contributed by atoms with Crippen molar-refractivity contribution in [1.29, 1.82) is 0 Å². The minimum Gasteiger partial charge on any atom is -0.496 e. The predicted octanol–water partition coefficient (Wildman–Crippen LogP) is 0.274. The van der Waals surface area contributed by atoms with E-state index in [0.717, 1.165) is 11.3 Å². The number of primary amides is 1. The molecule has 84 valence electrons. The molecule has 1 rings (SSSR count). The van der Waals surface area contributed by atoms with Gasteiger partial charge in [0.05, 0.1) is 7.11 Å². The average molecular weight is 218 g/mol. The van der Waals surface area contributed by atoms with Gasteiger partial charge in [-0.1, -0.05) is 24.1 Å². The first kappa shape index (κ1) is 11.9. The summed E-state index contributed by atoms with van der Waals surface area (Å²) >= 11 is 0. The van der Waals surface area contributed by atoms with Crippen LogP contribution in [0.2, 0.25) is 0 Å². The molecule has 0 aromatic heterocycles. The number of nitrogens with one attached hydrogen (secondary N) is 1. The van der Waals surface area contributed by atoms with Gasteiger partial charge in [-0.05, 0) is 6.07 Å². The van der Waals surface area contributed by atoms with Gasteiger partial charge < -0.3 is 15.8 Å². The topological polar surface area (TPSA) is 64.3 Å². The molecule has 0 radical (unpaired) electrons.